The van der Waals surface area contributed by atoms with Crippen LogP contribution >= 0.6 is 11.3 Å². The minimum absolute atomic E-state index is 0.0762. The van der Waals surface area contributed by atoms with Gasteiger partial charge >= 0.3 is 5.97 Å². The average molecular weight is 499 g/mol. The van der Waals surface area contributed by atoms with Gasteiger partial charge in [0.25, 0.3) is 0 Å². The highest BCUT2D eigenvalue weighted by atomic mass is 32.1. The molecule has 0 fully saturated rings. The topological polar surface area (TPSA) is 88.5 Å². The highest BCUT2D eigenvalue weighted by molar-refractivity contribution is 7.13. The molecule has 0 bridgehead atoms. The Hall–Kier alpha value is -4.23. The van der Waals surface area contributed by atoms with Gasteiger partial charge in [0, 0.05) is 11.6 Å². The third kappa shape index (κ3) is 6.46. The molecule has 7 heteroatoms. The largest absolute Gasteiger partial charge is 0.482 e. The first-order valence-corrected chi connectivity index (χ1v) is 12.3. The number of thiazole rings is 1. The second kappa shape index (κ2) is 11.5. The maximum absolute atomic E-state index is 12.4. The van der Waals surface area contributed by atoms with Gasteiger partial charge in [0.15, 0.2) is 6.61 Å². The molecule has 0 saturated carbocycles. The number of benzene rings is 3. The van der Waals surface area contributed by atoms with Gasteiger partial charge in [-0.05, 0) is 60.9 Å². The first kappa shape index (κ1) is 24.9. The van der Waals surface area contributed by atoms with E-state index in [1.165, 1.54) is 5.56 Å². The van der Waals surface area contributed by atoms with Crippen molar-refractivity contribution in [3.8, 4) is 27.4 Å². The van der Waals surface area contributed by atoms with Gasteiger partial charge in [0.2, 0.25) is 5.91 Å². The molecule has 1 amide bonds. The van der Waals surface area contributed by atoms with Gasteiger partial charge in [-0.3, -0.25) is 4.79 Å². The molecule has 0 spiro atoms. The Morgan fingerprint density at radius 1 is 1.00 bits per heavy atom. The zero-order valence-corrected chi connectivity index (χ0v) is 20.8. The van der Waals surface area contributed by atoms with Crippen LogP contribution in [0, 0.1) is 6.92 Å². The quantitative estimate of drug-likeness (QED) is 0.271. The van der Waals surface area contributed by atoms with Crippen molar-refractivity contribution in [2.45, 2.75) is 19.9 Å². The molecule has 36 heavy (non-hydrogen) atoms. The first-order valence-electron chi connectivity index (χ1n) is 11.4. The normalized spacial score (nSPS) is 11.8. The first-order chi connectivity index (χ1) is 17.4. The molecule has 0 aliphatic carbocycles. The number of carboxylic acids is 1. The van der Waals surface area contributed by atoms with E-state index in [4.69, 9.17) is 9.84 Å². The van der Waals surface area contributed by atoms with Crippen molar-refractivity contribution < 1.29 is 19.4 Å². The fourth-order valence-electron chi connectivity index (χ4n) is 3.63. The number of hydrogen-bond acceptors (Lipinski definition) is 5. The maximum atomic E-state index is 12.4. The van der Waals surface area contributed by atoms with Crippen molar-refractivity contribution in [3.63, 3.8) is 0 Å². The van der Waals surface area contributed by atoms with Gasteiger partial charge in [-0.25, -0.2) is 9.78 Å². The maximum Gasteiger partial charge on any atom is 0.341 e. The summed E-state index contributed by atoms with van der Waals surface area (Å²) >= 11 is 1.54. The van der Waals surface area contributed by atoms with Crippen molar-refractivity contribution >= 4 is 29.3 Å². The number of aliphatic carboxylic acids is 1. The molecule has 4 rings (SSSR count). The van der Waals surface area contributed by atoms with Crippen LogP contribution in [0.4, 0.5) is 0 Å². The third-order valence-electron chi connectivity index (χ3n) is 5.59. The van der Waals surface area contributed by atoms with Crippen LogP contribution in [-0.4, -0.2) is 28.6 Å². The van der Waals surface area contributed by atoms with E-state index in [0.717, 1.165) is 32.8 Å². The number of amides is 1. The molecule has 182 valence electrons. The number of aromatic nitrogens is 1. The summed E-state index contributed by atoms with van der Waals surface area (Å²) in [6.07, 6.45) is 3.34. The minimum Gasteiger partial charge on any atom is -0.482 e. The highest BCUT2D eigenvalue weighted by Crippen LogP contribution is 2.35. The van der Waals surface area contributed by atoms with Gasteiger partial charge in [-0.2, -0.15) is 0 Å². The van der Waals surface area contributed by atoms with Crippen LogP contribution < -0.4 is 10.1 Å². The molecule has 0 saturated heterocycles. The second-order valence-electron chi connectivity index (χ2n) is 8.33. The molecule has 0 aliphatic rings. The molecule has 1 aromatic heterocycles. The van der Waals surface area contributed by atoms with Gasteiger partial charge in [-0.15, -0.1) is 11.3 Å². The highest BCUT2D eigenvalue weighted by Gasteiger charge is 2.12. The molecular formula is C29H26N2O4S. The second-order valence-corrected chi connectivity index (χ2v) is 9.19. The van der Waals surface area contributed by atoms with E-state index in [1.54, 1.807) is 41.1 Å². The van der Waals surface area contributed by atoms with Crippen molar-refractivity contribution in [2.75, 3.05) is 6.61 Å². The molecular weight excluding hydrogens is 472 g/mol. The fourth-order valence-corrected chi connectivity index (χ4v) is 4.45. The minimum atomic E-state index is -1.02. The lowest BCUT2D eigenvalue weighted by molar-refractivity contribution is -0.139. The smallest absolute Gasteiger partial charge is 0.341 e. The summed E-state index contributed by atoms with van der Waals surface area (Å²) in [6.45, 7) is 3.62. The average Bonchev–Trinajstić information content (AvgIpc) is 3.37. The number of rotatable bonds is 9. The van der Waals surface area contributed by atoms with E-state index in [1.807, 2.05) is 74.5 Å². The van der Waals surface area contributed by atoms with Gasteiger partial charge in [-0.1, -0.05) is 54.1 Å². The Bertz CT molecular complexity index is 1360. The summed E-state index contributed by atoms with van der Waals surface area (Å²) < 4.78 is 5.20. The lowest BCUT2D eigenvalue weighted by Gasteiger charge is -2.13. The van der Waals surface area contributed by atoms with Crippen LogP contribution in [0.1, 0.15) is 29.7 Å². The molecule has 1 atom stereocenters. The number of aryl methyl sites for hydroxylation is 1. The zero-order valence-electron chi connectivity index (χ0n) is 20.0. The van der Waals surface area contributed by atoms with Crippen LogP contribution in [0.3, 0.4) is 0 Å². The van der Waals surface area contributed by atoms with Gasteiger partial charge in [0.1, 0.15) is 5.75 Å². The van der Waals surface area contributed by atoms with E-state index in [0.29, 0.717) is 5.75 Å². The summed E-state index contributed by atoms with van der Waals surface area (Å²) in [6, 6.07) is 23.2. The monoisotopic (exact) mass is 498 g/mol. The third-order valence-corrected chi connectivity index (χ3v) is 6.47. The Morgan fingerprint density at radius 2 is 1.67 bits per heavy atom. The zero-order chi connectivity index (χ0) is 25.5. The number of carbonyl (C=O) groups excluding carboxylic acids is 1. The number of carbonyl (C=O) groups is 2. The SMILES string of the molecule is Cc1ccc(C(C)NC(=O)/C=C/c2ccc(-c3scnc3-c3ccc(OCC(=O)O)cc3)cc2)cc1. The lowest BCUT2D eigenvalue weighted by Crippen LogP contribution is -2.24. The van der Waals surface area contributed by atoms with Crippen LogP contribution in [0.15, 0.2) is 84.4 Å². The number of carboxylic acid groups (broad SMARTS) is 1. The summed E-state index contributed by atoms with van der Waals surface area (Å²) in [5.74, 6) is -0.671. The summed E-state index contributed by atoms with van der Waals surface area (Å²) in [5, 5.41) is 11.7. The van der Waals surface area contributed by atoms with E-state index in [2.05, 4.69) is 10.3 Å². The number of ether oxygens (including phenoxy) is 1. The lowest BCUT2D eigenvalue weighted by atomic mass is 10.0. The molecule has 0 radical (unpaired) electrons. The standard InChI is InChI=1S/C29H26N2O4S/c1-19-3-8-22(9-4-19)20(2)31-26(32)16-7-21-5-10-24(11-6-21)29-28(30-18-36-29)23-12-14-25(15-13-23)35-17-27(33)34/h3-16,18,20H,17H2,1-2H3,(H,31,32)(H,33,34)/b16-7+. The molecule has 0 aliphatic heterocycles. The van der Waals surface area contributed by atoms with Gasteiger partial charge < -0.3 is 15.2 Å². The van der Waals surface area contributed by atoms with Crippen LogP contribution in [-0.2, 0) is 9.59 Å². The van der Waals surface area contributed by atoms with E-state index < -0.39 is 5.97 Å². The number of nitrogens with one attached hydrogen (secondary N) is 1. The predicted octanol–water partition coefficient (Wildman–Crippen LogP) is 6.14. The predicted molar refractivity (Wildman–Crippen MR) is 143 cm³/mol. The summed E-state index contributed by atoms with van der Waals surface area (Å²) in [4.78, 5) is 28.6. The van der Waals surface area contributed by atoms with E-state index >= 15 is 0 Å². The van der Waals surface area contributed by atoms with Crippen LogP contribution in [0.25, 0.3) is 27.8 Å². The number of nitrogens with zero attached hydrogens (tertiary/aromatic N) is 1. The molecule has 2 N–H and O–H groups in total. The molecule has 1 heterocycles. The Kier molecular flexibility index (Phi) is 7.92. The Balaban J connectivity index is 1.40. The van der Waals surface area contributed by atoms with Crippen LogP contribution in [0.5, 0.6) is 5.75 Å². The van der Waals surface area contributed by atoms with Gasteiger partial charge in [0.05, 0.1) is 22.1 Å². The molecule has 1 unspecified atom stereocenters. The van der Waals surface area contributed by atoms with E-state index in [9.17, 15) is 9.59 Å². The molecule has 4 aromatic rings. The Morgan fingerprint density at radius 3 is 2.33 bits per heavy atom. The summed E-state index contributed by atoms with van der Waals surface area (Å²) in [5.41, 5.74) is 7.75. The van der Waals surface area contributed by atoms with Crippen LogP contribution in [0.2, 0.25) is 0 Å². The van der Waals surface area contributed by atoms with Crippen molar-refractivity contribution in [1.29, 1.82) is 0 Å². The molecule has 3 aromatic carbocycles. The summed E-state index contributed by atoms with van der Waals surface area (Å²) in [7, 11) is 0. The molecule has 6 nitrogen and oxygen atoms in total. The van der Waals surface area contributed by atoms with Crippen molar-refractivity contribution in [1.82, 2.24) is 10.3 Å². The van der Waals surface area contributed by atoms with E-state index in [-0.39, 0.29) is 18.6 Å². The Labute approximate surface area is 213 Å². The van der Waals surface area contributed by atoms with Crippen molar-refractivity contribution in [2.24, 2.45) is 0 Å². The fraction of sp³-hybridized carbons (Fsp3) is 0.138. The number of hydrogen-bond donors (Lipinski definition) is 2. The van der Waals surface area contributed by atoms with Crippen molar-refractivity contribution in [3.05, 3.63) is 101 Å².